The molecule has 2 rings (SSSR count). The molecule has 0 bridgehead atoms. The van der Waals surface area contributed by atoms with Gasteiger partial charge in [0.25, 0.3) is 0 Å². The van der Waals surface area contributed by atoms with Gasteiger partial charge in [0.15, 0.2) is 0 Å². The molecule has 1 aliphatic carbocycles. The fourth-order valence-electron chi connectivity index (χ4n) is 1.04. The van der Waals surface area contributed by atoms with Crippen molar-refractivity contribution in [1.29, 1.82) is 0 Å². The molecular formula is C7H7NS. The van der Waals surface area contributed by atoms with Gasteiger partial charge in [-0.3, -0.25) is 0 Å². The Hall–Kier alpha value is -0.600. The summed E-state index contributed by atoms with van der Waals surface area (Å²) in [6, 6.07) is 2.25. The molecule has 1 heterocycles. The van der Waals surface area contributed by atoms with E-state index in [1.165, 1.54) is 10.4 Å². The molecule has 1 aromatic rings. The third-order valence-corrected chi connectivity index (χ3v) is 2.44. The second-order valence-electron chi connectivity index (χ2n) is 2.13. The lowest BCUT2D eigenvalue weighted by Gasteiger charge is -1.95. The second-order valence-corrected chi connectivity index (χ2v) is 3.07. The van der Waals surface area contributed by atoms with Gasteiger partial charge < -0.3 is 5.73 Å². The first-order valence-corrected chi connectivity index (χ1v) is 3.77. The van der Waals surface area contributed by atoms with E-state index < -0.39 is 0 Å². The van der Waals surface area contributed by atoms with Crippen molar-refractivity contribution in [2.75, 3.05) is 0 Å². The van der Waals surface area contributed by atoms with Gasteiger partial charge in [-0.2, -0.15) is 0 Å². The van der Waals surface area contributed by atoms with Gasteiger partial charge in [0.1, 0.15) is 0 Å². The average Bonchev–Trinajstić information content (AvgIpc) is 2.35. The molecule has 0 aliphatic heterocycles. The van der Waals surface area contributed by atoms with Gasteiger partial charge in [-0.25, -0.2) is 0 Å². The summed E-state index contributed by atoms with van der Waals surface area (Å²) in [7, 11) is 0. The summed E-state index contributed by atoms with van der Waals surface area (Å²) >= 11 is 1.75. The highest BCUT2D eigenvalue weighted by atomic mass is 32.1. The molecule has 1 aromatic heterocycles. The Kier molecular flexibility index (Phi) is 0.976. The third-order valence-electron chi connectivity index (χ3n) is 1.54. The number of rotatable bonds is 0. The summed E-state index contributed by atoms with van der Waals surface area (Å²) in [4.78, 5) is 1.32. The van der Waals surface area contributed by atoms with Gasteiger partial charge in [-0.05, 0) is 23.1 Å². The van der Waals surface area contributed by atoms with E-state index in [2.05, 4.69) is 17.5 Å². The van der Waals surface area contributed by atoms with Crippen LogP contribution in [0.15, 0.2) is 17.5 Å². The second kappa shape index (κ2) is 1.69. The molecule has 2 N–H and O–H groups in total. The Balaban J connectivity index is 2.60. The van der Waals surface area contributed by atoms with Crippen LogP contribution in [0.2, 0.25) is 0 Å². The summed E-state index contributed by atoms with van der Waals surface area (Å²) in [6.45, 7) is 0. The lowest BCUT2D eigenvalue weighted by molar-refractivity contribution is 0.936. The smallest absolute Gasteiger partial charge is 0.0499 e. The molecule has 0 radical (unpaired) electrons. The maximum Gasteiger partial charge on any atom is 0.0499 e. The topological polar surface area (TPSA) is 26.0 Å². The molecule has 0 aromatic carbocycles. The molecule has 0 fully saturated rings. The molecule has 1 unspecified atom stereocenters. The van der Waals surface area contributed by atoms with E-state index in [1.807, 2.05) is 6.08 Å². The van der Waals surface area contributed by atoms with E-state index in [9.17, 15) is 0 Å². The van der Waals surface area contributed by atoms with Crippen molar-refractivity contribution in [3.63, 3.8) is 0 Å². The highest BCUT2D eigenvalue weighted by Gasteiger charge is 2.12. The van der Waals surface area contributed by atoms with Crippen LogP contribution in [0, 0.1) is 0 Å². The van der Waals surface area contributed by atoms with Crippen LogP contribution in [-0.2, 0) is 0 Å². The molecule has 0 spiro atoms. The summed E-state index contributed by atoms with van der Waals surface area (Å²) in [5.41, 5.74) is 6.99. The number of fused-ring (bicyclic) bond motifs is 1. The molecule has 1 nitrogen and oxygen atoms in total. The molecule has 9 heavy (non-hydrogen) atoms. The third kappa shape index (κ3) is 0.637. The van der Waals surface area contributed by atoms with Crippen molar-refractivity contribution in [3.8, 4) is 0 Å². The van der Waals surface area contributed by atoms with Crippen molar-refractivity contribution in [3.05, 3.63) is 28.0 Å². The molecular weight excluding hydrogens is 130 g/mol. The van der Waals surface area contributed by atoms with Gasteiger partial charge in [-0.15, -0.1) is 11.3 Å². The molecule has 0 amide bonds. The van der Waals surface area contributed by atoms with Crippen LogP contribution in [0.4, 0.5) is 0 Å². The van der Waals surface area contributed by atoms with Crippen molar-refractivity contribution < 1.29 is 0 Å². The zero-order valence-corrected chi connectivity index (χ0v) is 5.69. The van der Waals surface area contributed by atoms with Crippen LogP contribution in [0.1, 0.15) is 16.5 Å². The predicted molar refractivity (Wildman–Crippen MR) is 40.3 cm³/mol. The molecule has 2 heteroatoms. The van der Waals surface area contributed by atoms with E-state index in [0.29, 0.717) is 0 Å². The van der Waals surface area contributed by atoms with Crippen molar-refractivity contribution in [1.82, 2.24) is 0 Å². The summed E-state index contributed by atoms with van der Waals surface area (Å²) in [5.74, 6) is 0. The Bertz CT molecular complexity index is 249. The van der Waals surface area contributed by atoms with E-state index in [1.54, 1.807) is 11.3 Å². The van der Waals surface area contributed by atoms with E-state index in [0.717, 1.165) is 0 Å². The minimum atomic E-state index is 0.159. The van der Waals surface area contributed by atoms with Crippen LogP contribution >= 0.6 is 11.3 Å². The normalized spacial score (nSPS) is 22.6. The zero-order valence-electron chi connectivity index (χ0n) is 4.87. The Morgan fingerprint density at radius 3 is 3.22 bits per heavy atom. The lowest BCUT2D eigenvalue weighted by atomic mass is 10.2. The van der Waals surface area contributed by atoms with Gasteiger partial charge in [-0.1, -0.05) is 6.08 Å². The van der Waals surface area contributed by atoms with Crippen LogP contribution in [0.3, 0.4) is 0 Å². The van der Waals surface area contributed by atoms with Crippen LogP contribution < -0.4 is 5.73 Å². The molecule has 0 saturated carbocycles. The maximum absolute atomic E-state index is 5.71. The Labute approximate surface area is 57.8 Å². The molecule has 0 saturated heterocycles. The largest absolute Gasteiger partial charge is 0.321 e. The highest BCUT2D eigenvalue weighted by Crippen LogP contribution is 2.30. The van der Waals surface area contributed by atoms with Gasteiger partial charge in [0.2, 0.25) is 0 Å². The lowest BCUT2D eigenvalue weighted by Crippen LogP contribution is -2.02. The van der Waals surface area contributed by atoms with Crippen LogP contribution in [-0.4, -0.2) is 0 Å². The number of nitrogens with two attached hydrogens (primary N) is 1. The zero-order chi connectivity index (χ0) is 6.27. The Morgan fingerprint density at radius 2 is 2.44 bits per heavy atom. The van der Waals surface area contributed by atoms with Gasteiger partial charge in [0.05, 0.1) is 0 Å². The first-order chi connectivity index (χ1) is 4.38. The van der Waals surface area contributed by atoms with Crippen molar-refractivity contribution in [2.24, 2.45) is 5.73 Å². The fraction of sp³-hybridized carbons (Fsp3) is 0.143. The first kappa shape index (κ1) is 5.21. The average molecular weight is 137 g/mol. The van der Waals surface area contributed by atoms with E-state index >= 15 is 0 Å². The first-order valence-electron chi connectivity index (χ1n) is 2.89. The fourth-order valence-corrected chi connectivity index (χ4v) is 1.90. The predicted octanol–water partition coefficient (Wildman–Crippen LogP) is 1.77. The van der Waals surface area contributed by atoms with Gasteiger partial charge >= 0.3 is 0 Å². The summed E-state index contributed by atoms with van der Waals surface area (Å²) < 4.78 is 0. The summed E-state index contributed by atoms with van der Waals surface area (Å²) in [5, 5.41) is 2.08. The Morgan fingerprint density at radius 1 is 1.56 bits per heavy atom. The quantitative estimate of drug-likeness (QED) is 0.579. The van der Waals surface area contributed by atoms with Crippen LogP contribution in [0.25, 0.3) is 6.08 Å². The van der Waals surface area contributed by atoms with Gasteiger partial charge in [0, 0.05) is 10.9 Å². The minimum Gasteiger partial charge on any atom is -0.321 e. The monoisotopic (exact) mass is 137 g/mol. The standard InChI is InChI=1S/C7H7NS/c8-6-1-2-7-5(6)3-4-9-7/h1-4,6H,8H2. The van der Waals surface area contributed by atoms with Crippen molar-refractivity contribution in [2.45, 2.75) is 6.04 Å². The number of hydrogen-bond acceptors (Lipinski definition) is 2. The SMILES string of the molecule is NC1C=Cc2sccc21. The summed E-state index contributed by atoms with van der Waals surface area (Å²) in [6.07, 6.45) is 4.12. The van der Waals surface area contributed by atoms with E-state index in [-0.39, 0.29) is 6.04 Å². The maximum atomic E-state index is 5.71. The minimum absolute atomic E-state index is 0.159. The van der Waals surface area contributed by atoms with Crippen LogP contribution in [0.5, 0.6) is 0 Å². The molecule has 1 atom stereocenters. The van der Waals surface area contributed by atoms with E-state index in [4.69, 9.17) is 5.73 Å². The number of hydrogen-bond donors (Lipinski definition) is 1. The molecule has 46 valence electrons. The number of thiophene rings is 1. The van der Waals surface area contributed by atoms with Crippen molar-refractivity contribution >= 4 is 17.4 Å². The molecule has 1 aliphatic rings. The highest BCUT2D eigenvalue weighted by molar-refractivity contribution is 7.11.